The van der Waals surface area contributed by atoms with Crippen LogP contribution in [0.2, 0.25) is 0 Å². The first kappa shape index (κ1) is 21.6. The zero-order valence-electron chi connectivity index (χ0n) is 17.7. The minimum absolute atomic E-state index is 0.0974. The van der Waals surface area contributed by atoms with Crippen molar-refractivity contribution in [2.45, 2.75) is 24.7 Å². The van der Waals surface area contributed by atoms with Crippen molar-refractivity contribution >= 4 is 23.6 Å². The smallest absolute Gasteiger partial charge is 0.237 e. The van der Waals surface area contributed by atoms with Gasteiger partial charge in [0.15, 0.2) is 11.6 Å². The van der Waals surface area contributed by atoms with Gasteiger partial charge in [-0.05, 0) is 47.7 Å². The van der Waals surface area contributed by atoms with E-state index in [0.717, 1.165) is 16.0 Å². The van der Waals surface area contributed by atoms with E-state index in [9.17, 15) is 4.39 Å². The van der Waals surface area contributed by atoms with E-state index in [4.69, 9.17) is 15.5 Å². The first-order valence-electron chi connectivity index (χ1n) is 10.2. The van der Waals surface area contributed by atoms with E-state index in [1.807, 2.05) is 42.5 Å². The third kappa shape index (κ3) is 5.00. The molecule has 0 saturated heterocycles. The number of para-hydroxylation sites is 2. The predicted octanol–water partition coefficient (Wildman–Crippen LogP) is 6.90. The Morgan fingerprint density at radius 1 is 0.938 bits per heavy atom. The first-order chi connectivity index (χ1) is 15.5. The van der Waals surface area contributed by atoms with E-state index in [0.29, 0.717) is 23.2 Å². The Balaban J connectivity index is 1.73. The maximum Gasteiger partial charge on any atom is 0.237 e. The van der Waals surface area contributed by atoms with E-state index < -0.39 is 5.82 Å². The number of nitrogens with one attached hydrogen (secondary N) is 1. The molecular weight excluding hydrogens is 423 g/mol. The fraction of sp³-hybridized carbons (Fsp3) is 0.120. The molecule has 0 aliphatic carbocycles. The molecule has 0 fully saturated rings. The number of hydrogen-bond donors (Lipinski definition) is 2. The number of aromatic nitrogens is 2. The van der Waals surface area contributed by atoms with Crippen LogP contribution in [0.5, 0.6) is 11.6 Å². The fourth-order valence-electron chi connectivity index (χ4n) is 3.21. The maximum absolute atomic E-state index is 14.2. The molecule has 0 radical (unpaired) electrons. The quantitative estimate of drug-likeness (QED) is 0.238. The molecule has 5 nitrogen and oxygen atoms in total. The second-order valence-corrected chi connectivity index (χ2v) is 8.28. The van der Waals surface area contributed by atoms with Crippen molar-refractivity contribution in [2.75, 3.05) is 10.5 Å². The number of benzene rings is 3. The monoisotopic (exact) mass is 446 g/mol. The predicted molar refractivity (Wildman–Crippen MR) is 128 cm³/mol. The Kier molecular flexibility index (Phi) is 6.56. The summed E-state index contributed by atoms with van der Waals surface area (Å²) in [7, 11) is 0. The van der Waals surface area contributed by atoms with Crippen LogP contribution in [0.1, 0.15) is 25.3 Å². The lowest BCUT2D eigenvalue weighted by Crippen LogP contribution is -2.02. The number of anilines is 2. The van der Waals surface area contributed by atoms with Crippen LogP contribution < -0.4 is 15.2 Å². The Hall–Kier alpha value is -3.58. The van der Waals surface area contributed by atoms with Crippen LogP contribution in [0.4, 0.5) is 16.0 Å². The first-order valence-corrected chi connectivity index (χ1v) is 11.0. The number of halogens is 1. The van der Waals surface area contributed by atoms with Gasteiger partial charge in [0.2, 0.25) is 11.8 Å². The van der Waals surface area contributed by atoms with Crippen molar-refractivity contribution in [3.05, 3.63) is 90.2 Å². The molecule has 1 aromatic heterocycles. The van der Waals surface area contributed by atoms with Gasteiger partial charge in [0.25, 0.3) is 0 Å². The number of rotatable bonds is 7. The highest BCUT2D eigenvalue weighted by atomic mass is 32.2. The molecule has 162 valence electrons. The van der Waals surface area contributed by atoms with Gasteiger partial charge >= 0.3 is 0 Å². The number of nitrogens with two attached hydrogens (primary N) is 1. The SMILES string of the molecule is CC(C)c1ccccc1-c1cc(Oc2ccccc2F)nc(NSc2ccccc2N)n1. The van der Waals surface area contributed by atoms with Crippen LogP contribution in [0.25, 0.3) is 11.3 Å². The van der Waals surface area contributed by atoms with E-state index in [-0.39, 0.29) is 11.6 Å². The third-order valence-corrected chi connectivity index (χ3v) is 5.66. The van der Waals surface area contributed by atoms with Crippen molar-refractivity contribution in [2.24, 2.45) is 0 Å². The van der Waals surface area contributed by atoms with Crippen molar-refractivity contribution in [1.29, 1.82) is 0 Å². The Morgan fingerprint density at radius 3 is 2.44 bits per heavy atom. The van der Waals surface area contributed by atoms with Gasteiger partial charge in [-0.25, -0.2) is 9.37 Å². The summed E-state index contributed by atoms with van der Waals surface area (Å²) < 4.78 is 23.1. The molecule has 0 spiro atoms. The second kappa shape index (κ2) is 9.70. The normalized spacial score (nSPS) is 10.9. The topological polar surface area (TPSA) is 73.1 Å². The van der Waals surface area contributed by atoms with Crippen LogP contribution in [0.3, 0.4) is 0 Å². The number of nitrogens with zero attached hydrogens (tertiary/aromatic N) is 2. The lowest BCUT2D eigenvalue weighted by molar-refractivity contribution is 0.427. The summed E-state index contributed by atoms with van der Waals surface area (Å²) in [4.78, 5) is 9.99. The van der Waals surface area contributed by atoms with Crippen molar-refractivity contribution in [3.63, 3.8) is 0 Å². The van der Waals surface area contributed by atoms with E-state index in [1.165, 1.54) is 18.0 Å². The largest absolute Gasteiger partial charge is 0.436 e. The van der Waals surface area contributed by atoms with Crippen molar-refractivity contribution in [3.8, 4) is 22.9 Å². The van der Waals surface area contributed by atoms with Crippen LogP contribution in [-0.4, -0.2) is 9.97 Å². The zero-order valence-corrected chi connectivity index (χ0v) is 18.6. The summed E-state index contributed by atoms with van der Waals surface area (Å²) in [5.41, 5.74) is 9.48. The van der Waals surface area contributed by atoms with Gasteiger partial charge < -0.3 is 10.5 Å². The summed E-state index contributed by atoms with van der Waals surface area (Å²) in [6.45, 7) is 4.26. The highest BCUT2D eigenvalue weighted by Crippen LogP contribution is 2.33. The highest BCUT2D eigenvalue weighted by Gasteiger charge is 2.15. The molecule has 0 amide bonds. The Bertz CT molecular complexity index is 1230. The molecule has 0 bridgehead atoms. The summed E-state index contributed by atoms with van der Waals surface area (Å²) in [6.07, 6.45) is 0. The molecule has 0 saturated carbocycles. The van der Waals surface area contributed by atoms with Gasteiger partial charge in [0.1, 0.15) is 0 Å². The van der Waals surface area contributed by atoms with E-state index in [1.54, 1.807) is 24.3 Å². The molecule has 7 heteroatoms. The number of ether oxygens (including phenoxy) is 1. The third-order valence-electron chi connectivity index (χ3n) is 4.78. The van der Waals surface area contributed by atoms with Crippen LogP contribution >= 0.6 is 11.9 Å². The molecule has 0 atom stereocenters. The summed E-state index contributed by atoms with van der Waals surface area (Å²) >= 11 is 1.30. The van der Waals surface area contributed by atoms with E-state index in [2.05, 4.69) is 29.6 Å². The molecule has 0 unspecified atom stereocenters. The lowest BCUT2D eigenvalue weighted by atomic mass is 9.95. The zero-order chi connectivity index (χ0) is 22.5. The lowest BCUT2D eigenvalue weighted by Gasteiger charge is -2.15. The minimum Gasteiger partial charge on any atom is -0.436 e. The summed E-state index contributed by atoms with van der Waals surface area (Å²) in [5, 5.41) is 0. The van der Waals surface area contributed by atoms with Crippen LogP contribution in [0.15, 0.2) is 83.8 Å². The molecule has 4 rings (SSSR count). The molecule has 32 heavy (non-hydrogen) atoms. The molecule has 3 aromatic carbocycles. The molecular formula is C25H23FN4OS. The van der Waals surface area contributed by atoms with Crippen molar-refractivity contribution in [1.82, 2.24) is 9.97 Å². The Labute approximate surface area is 191 Å². The summed E-state index contributed by atoms with van der Waals surface area (Å²) in [6, 6.07) is 23.5. The second-order valence-electron chi connectivity index (χ2n) is 7.43. The maximum atomic E-state index is 14.2. The van der Waals surface area contributed by atoms with Crippen molar-refractivity contribution < 1.29 is 9.13 Å². The van der Waals surface area contributed by atoms with Gasteiger partial charge in [-0.15, -0.1) is 0 Å². The van der Waals surface area contributed by atoms with Gasteiger partial charge in [0, 0.05) is 17.3 Å². The molecule has 0 aliphatic heterocycles. The average molecular weight is 447 g/mol. The van der Waals surface area contributed by atoms with Crippen LogP contribution in [-0.2, 0) is 0 Å². The standard InChI is InChI=1S/C25H23FN4OS/c1-16(2)17-9-3-4-10-18(17)21-15-24(31-22-13-7-5-11-19(22)26)29-25(28-21)30-32-23-14-8-6-12-20(23)27/h3-16H,27H2,1-2H3,(H,28,29,30). The van der Waals surface area contributed by atoms with Gasteiger partial charge in [-0.2, -0.15) is 4.98 Å². The molecule has 3 N–H and O–H groups in total. The van der Waals surface area contributed by atoms with Gasteiger partial charge in [-0.3, -0.25) is 4.72 Å². The number of hydrogen-bond acceptors (Lipinski definition) is 6. The average Bonchev–Trinajstić information content (AvgIpc) is 2.80. The summed E-state index contributed by atoms with van der Waals surface area (Å²) in [5.74, 6) is 0.506. The Morgan fingerprint density at radius 2 is 1.66 bits per heavy atom. The fourth-order valence-corrected chi connectivity index (χ4v) is 3.83. The van der Waals surface area contributed by atoms with E-state index >= 15 is 0 Å². The van der Waals surface area contributed by atoms with Crippen LogP contribution in [0, 0.1) is 5.82 Å². The van der Waals surface area contributed by atoms with Gasteiger partial charge in [0.05, 0.1) is 10.6 Å². The molecule has 0 aliphatic rings. The highest BCUT2D eigenvalue weighted by molar-refractivity contribution is 8.00. The van der Waals surface area contributed by atoms with Gasteiger partial charge in [-0.1, -0.05) is 62.4 Å². The number of nitrogen functional groups attached to an aromatic ring is 1. The molecule has 4 aromatic rings. The molecule has 1 heterocycles. The minimum atomic E-state index is -0.462.